The van der Waals surface area contributed by atoms with Crippen LogP contribution in [0.1, 0.15) is 45.5 Å². The van der Waals surface area contributed by atoms with Crippen LogP contribution in [-0.2, 0) is 6.42 Å². The van der Waals surface area contributed by atoms with Crippen LogP contribution >= 0.6 is 0 Å². The summed E-state index contributed by atoms with van der Waals surface area (Å²) in [5, 5.41) is 0. The standard InChI is InChI=1S/C16H18O2/c1-10-7-11(2)15(12(3)8-10)9-14-5-6-16(18-14)13(4)17/h5-8H,9H2,1-4H3. The van der Waals surface area contributed by atoms with E-state index >= 15 is 0 Å². The van der Waals surface area contributed by atoms with Gasteiger partial charge in [0, 0.05) is 13.3 Å². The van der Waals surface area contributed by atoms with Crippen molar-refractivity contribution in [2.75, 3.05) is 0 Å². The number of carbonyl (C=O) groups is 1. The van der Waals surface area contributed by atoms with Crippen molar-refractivity contribution in [1.29, 1.82) is 0 Å². The minimum absolute atomic E-state index is 0.0291. The van der Waals surface area contributed by atoms with Gasteiger partial charge in [0.2, 0.25) is 0 Å². The first-order chi connectivity index (χ1) is 8.47. The van der Waals surface area contributed by atoms with E-state index in [1.54, 1.807) is 6.07 Å². The molecule has 94 valence electrons. The van der Waals surface area contributed by atoms with Crippen LogP contribution < -0.4 is 0 Å². The predicted octanol–water partition coefficient (Wildman–Crippen LogP) is 4.00. The molecule has 1 aromatic carbocycles. The zero-order chi connectivity index (χ0) is 13.3. The first-order valence-electron chi connectivity index (χ1n) is 6.13. The molecule has 0 bridgehead atoms. The van der Waals surface area contributed by atoms with Crippen molar-refractivity contribution in [1.82, 2.24) is 0 Å². The Bertz CT molecular complexity index is 568. The van der Waals surface area contributed by atoms with Crippen molar-refractivity contribution in [3.05, 3.63) is 58.0 Å². The Kier molecular flexibility index (Phi) is 3.37. The van der Waals surface area contributed by atoms with Gasteiger partial charge in [-0.3, -0.25) is 4.79 Å². The van der Waals surface area contributed by atoms with Gasteiger partial charge in [0.15, 0.2) is 11.5 Å². The number of rotatable bonds is 3. The van der Waals surface area contributed by atoms with Crippen LogP contribution in [0.3, 0.4) is 0 Å². The average Bonchev–Trinajstić information content (AvgIpc) is 2.71. The molecule has 2 nitrogen and oxygen atoms in total. The molecule has 2 heteroatoms. The number of benzene rings is 1. The first kappa shape index (κ1) is 12.6. The molecular formula is C16H18O2. The van der Waals surface area contributed by atoms with Crippen LogP contribution in [0, 0.1) is 20.8 Å². The lowest BCUT2D eigenvalue weighted by molar-refractivity contribution is 0.0985. The molecule has 1 heterocycles. The number of Topliss-reactive ketones (excluding diaryl/α,β-unsaturated/α-hetero) is 1. The van der Waals surface area contributed by atoms with Gasteiger partial charge in [-0.2, -0.15) is 0 Å². The molecule has 0 atom stereocenters. The largest absolute Gasteiger partial charge is 0.458 e. The van der Waals surface area contributed by atoms with Crippen LogP contribution in [0.4, 0.5) is 0 Å². The minimum atomic E-state index is -0.0291. The SMILES string of the molecule is CC(=O)c1ccc(Cc2c(C)cc(C)cc2C)o1. The van der Waals surface area contributed by atoms with E-state index < -0.39 is 0 Å². The lowest BCUT2D eigenvalue weighted by Crippen LogP contribution is -1.96. The molecule has 0 saturated carbocycles. The minimum Gasteiger partial charge on any atom is -0.458 e. The summed E-state index contributed by atoms with van der Waals surface area (Å²) in [6, 6.07) is 7.99. The highest BCUT2D eigenvalue weighted by Gasteiger charge is 2.10. The summed E-state index contributed by atoms with van der Waals surface area (Å²) in [6.45, 7) is 7.85. The maximum absolute atomic E-state index is 11.2. The average molecular weight is 242 g/mol. The number of hydrogen-bond acceptors (Lipinski definition) is 2. The third-order valence-electron chi connectivity index (χ3n) is 3.20. The molecule has 0 saturated heterocycles. The molecule has 2 rings (SSSR count). The highest BCUT2D eigenvalue weighted by atomic mass is 16.3. The fourth-order valence-electron chi connectivity index (χ4n) is 2.33. The van der Waals surface area contributed by atoms with Gasteiger partial charge in [-0.25, -0.2) is 0 Å². The summed E-state index contributed by atoms with van der Waals surface area (Å²) in [5.41, 5.74) is 5.10. The van der Waals surface area contributed by atoms with Gasteiger partial charge in [0.25, 0.3) is 0 Å². The van der Waals surface area contributed by atoms with Crippen LogP contribution in [0.2, 0.25) is 0 Å². The molecule has 0 fully saturated rings. The number of hydrogen-bond donors (Lipinski definition) is 0. The summed E-state index contributed by atoms with van der Waals surface area (Å²) in [6.07, 6.45) is 0.741. The second-order valence-electron chi connectivity index (χ2n) is 4.88. The number of furan rings is 1. The zero-order valence-electron chi connectivity index (χ0n) is 11.3. The smallest absolute Gasteiger partial charge is 0.194 e. The van der Waals surface area contributed by atoms with Gasteiger partial charge in [0.05, 0.1) is 0 Å². The third kappa shape index (κ3) is 2.53. The summed E-state index contributed by atoms with van der Waals surface area (Å²) < 4.78 is 5.54. The van der Waals surface area contributed by atoms with E-state index in [1.807, 2.05) is 6.07 Å². The molecule has 0 unspecified atom stereocenters. The Labute approximate surface area is 108 Å². The molecule has 1 aromatic heterocycles. The van der Waals surface area contributed by atoms with Gasteiger partial charge in [0.1, 0.15) is 5.76 Å². The lowest BCUT2D eigenvalue weighted by Gasteiger charge is -2.09. The fourth-order valence-corrected chi connectivity index (χ4v) is 2.33. The summed E-state index contributed by atoms with van der Waals surface area (Å²) in [7, 11) is 0. The Morgan fingerprint density at radius 2 is 1.72 bits per heavy atom. The number of carbonyl (C=O) groups excluding carboxylic acids is 1. The molecule has 2 aromatic rings. The molecule has 0 aliphatic carbocycles. The summed E-state index contributed by atoms with van der Waals surface area (Å²) in [5.74, 6) is 1.25. The van der Waals surface area contributed by atoms with E-state index in [0.717, 1.165) is 12.2 Å². The van der Waals surface area contributed by atoms with Crippen molar-refractivity contribution in [3.63, 3.8) is 0 Å². The van der Waals surface area contributed by atoms with Gasteiger partial charge < -0.3 is 4.42 Å². The van der Waals surface area contributed by atoms with Crippen LogP contribution in [0.15, 0.2) is 28.7 Å². The van der Waals surface area contributed by atoms with Crippen molar-refractivity contribution < 1.29 is 9.21 Å². The zero-order valence-corrected chi connectivity index (χ0v) is 11.3. The maximum atomic E-state index is 11.2. The second-order valence-corrected chi connectivity index (χ2v) is 4.88. The Balaban J connectivity index is 2.31. The summed E-state index contributed by atoms with van der Waals surface area (Å²) in [4.78, 5) is 11.2. The van der Waals surface area contributed by atoms with Gasteiger partial charge in [-0.1, -0.05) is 17.7 Å². The quantitative estimate of drug-likeness (QED) is 0.761. The van der Waals surface area contributed by atoms with E-state index in [1.165, 1.54) is 29.2 Å². The van der Waals surface area contributed by atoms with Gasteiger partial charge in [-0.05, 0) is 49.6 Å². The predicted molar refractivity (Wildman–Crippen MR) is 72.2 cm³/mol. The van der Waals surface area contributed by atoms with Crippen molar-refractivity contribution in [2.24, 2.45) is 0 Å². The van der Waals surface area contributed by atoms with Gasteiger partial charge >= 0.3 is 0 Å². The summed E-state index contributed by atoms with van der Waals surface area (Å²) >= 11 is 0. The third-order valence-corrected chi connectivity index (χ3v) is 3.20. The molecule has 0 N–H and O–H groups in total. The van der Waals surface area contributed by atoms with Gasteiger partial charge in [-0.15, -0.1) is 0 Å². The van der Waals surface area contributed by atoms with Crippen LogP contribution in [-0.4, -0.2) is 5.78 Å². The van der Waals surface area contributed by atoms with E-state index in [9.17, 15) is 4.79 Å². The van der Waals surface area contributed by atoms with E-state index in [4.69, 9.17) is 4.42 Å². The van der Waals surface area contributed by atoms with Crippen molar-refractivity contribution in [2.45, 2.75) is 34.1 Å². The highest BCUT2D eigenvalue weighted by Crippen LogP contribution is 2.21. The Hall–Kier alpha value is -1.83. The highest BCUT2D eigenvalue weighted by molar-refractivity contribution is 5.91. The van der Waals surface area contributed by atoms with Crippen LogP contribution in [0.25, 0.3) is 0 Å². The molecule has 0 amide bonds. The topological polar surface area (TPSA) is 30.2 Å². The van der Waals surface area contributed by atoms with Crippen LogP contribution in [0.5, 0.6) is 0 Å². The van der Waals surface area contributed by atoms with E-state index in [2.05, 4.69) is 32.9 Å². The maximum Gasteiger partial charge on any atom is 0.194 e. The lowest BCUT2D eigenvalue weighted by atomic mass is 9.97. The monoisotopic (exact) mass is 242 g/mol. The normalized spacial score (nSPS) is 10.7. The Morgan fingerprint density at radius 1 is 1.11 bits per heavy atom. The molecule has 0 radical (unpaired) electrons. The molecular weight excluding hydrogens is 224 g/mol. The molecule has 18 heavy (non-hydrogen) atoms. The van der Waals surface area contributed by atoms with E-state index in [-0.39, 0.29) is 5.78 Å². The molecule has 0 aliphatic heterocycles. The van der Waals surface area contributed by atoms with Crippen molar-refractivity contribution in [3.8, 4) is 0 Å². The molecule has 0 spiro atoms. The Morgan fingerprint density at radius 3 is 2.22 bits per heavy atom. The van der Waals surface area contributed by atoms with E-state index in [0.29, 0.717) is 5.76 Å². The second kappa shape index (κ2) is 4.81. The first-order valence-corrected chi connectivity index (χ1v) is 6.13. The number of aryl methyl sites for hydroxylation is 3. The van der Waals surface area contributed by atoms with Crippen molar-refractivity contribution >= 4 is 5.78 Å². The fraction of sp³-hybridized carbons (Fsp3) is 0.312. The molecule has 0 aliphatic rings. The number of ketones is 1.